The van der Waals surface area contributed by atoms with Crippen LogP contribution < -0.4 is 0 Å². The van der Waals surface area contributed by atoms with Crippen molar-refractivity contribution in [1.82, 2.24) is 0 Å². The van der Waals surface area contributed by atoms with Crippen LogP contribution in [0.4, 0.5) is 0 Å². The monoisotopic (exact) mass is 995 g/mol. The molecule has 0 aliphatic heterocycles. The van der Waals surface area contributed by atoms with Crippen LogP contribution in [0.15, 0.2) is 134 Å². The van der Waals surface area contributed by atoms with Gasteiger partial charge in [0, 0.05) is 12.8 Å². The molecule has 6 heteroatoms. The highest BCUT2D eigenvalue weighted by molar-refractivity contribution is 5.72. The molecule has 0 aromatic carbocycles. The van der Waals surface area contributed by atoms with E-state index in [1.807, 2.05) is 6.08 Å². The van der Waals surface area contributed by atoms with Crippen molar-refractivity contribution in [2.45, 2.75) is 252 Å². The van der Waals surface area contributed by atoms with Crippen LogP contribution >= 0.6 is 0 Å². The second-order valence-corrected chi connectivity index (χ2v) is 18.8. The van der Waals surface area contributed by atoms with Crippen molar-refractivity contribution in [3.63, 3.8) is 0 Å². The zero-order chi connectivity index (χ0) is 52.2. The Hall–Kier alpha value is -4.45. The van der Waals surface area contributed by atoms with E-state index in [9.17, 15) is 14.4 Å². The lowest BCUT2D eigenvalue weighted by Gasteiger charge is -2.18. The number of carbonyl (C=O) groups is 3. The van der Waals surface area contributed by atoms with Crippen LogP contribution in [0, 0.1) is 0 Å². The van der Waals surface area contributed by atoms with Gasteiger partial charge in [-0.3, -0.25) is 14.4 Å². The summed E-state index contributed by atoms with van der Waals surface area (Å²) in [6, 6.07) is 0. The van der Waals surface area contributed by atoms with Crippen LogP contribution in [0.25, 0.3) is 0 Å². The van der Waals surface area contributed by atoms with Gasteiger partial charge in [-0.15, -0.1) is 0 Å². The summed E-state index contributed by atoms with van der Waals surface area (Å²) in [5.74, 6) is -1.08. The molecule has 6 nitrogen and oxygen atoms in total. The average Bonchev–Trinajstić information content (AvgIpc) is 3.38. The number of unbranched alkanes of at least 4 members (excludes halogenated alkanes) is 19. The Labute approximate surface area is 443 Å². The highest BCUT2D eigenvalue weighted by Gasteiger charge is 2.19. The fraction of sp³-hybridized carbons (Fsp3) is 0.621. The molecule has 0 fully saturated rings. The van der Waals surface area contributed by atoms with Gasteiger partial charge in [-0.2, -0.15) is 0 Å². The molecule has 0 rings (SSSR count). The predicted octanol–water partition coefficient (Wildman–Crippen LogP) is 19.8. The molecule has 1 unspecified atom stereocenters. The highest BCUT2D eigenvalue weighted by atomic mass is 16.6. The minimum atomic E-state index is -0.843. The standard InChI is InChI=1S/C66H106O6/c1-4-7-10-13-16-19-22-25-28-29-30-31-32-33-34-35-36-37-39-41-44-47-50-53-56-59-65(68)71-62-63(61-70-64(67)58-55-52-49-46-43-40-27-24-21-18-15-12-9-6-3)72-66(69)60-57-54-51-48-45-42-38-26-23-20-17-14-11-8-5-2/h7-8,10-11,15-20,24-28,30-31,38,45,48,54,57,63H,4-6,9,12-14,21-23,29,32-37,39-44,46-47,49-53,55-56,58-62H2,1-3H3/b10-7-,11-8-,18-15-,19-16-,20-17-,27-24-,28-25-,31-30-,38-26-,48-45-,57-54-. The van der Waals surface area contributed by atoms with Crippen molar-refractivity contribution in [3.05, 3.63) is 134 Å². The van der Waals surface area contributed by atoms with Crippen molar-refractivity contribution < 1.29 is 28.6 Å². The Bertz CT molecular complexity index is 1560. The van der Waals surface area contributed by atoms with Gasteiger partial charge in [0.05, 0.1) is 6.42 Å². The van der Waals surface area contributed by atoms with Crippen molar-refractivity contribution in [2.75, 3.05) is 13.2 Å². The Kier molecular flexibility index (Phi) is 55.5. The van der Waals surface area contributed by atoms with E-state index in [-0.39, 0.29) is 31.6 Å². The molecule has 0 radical (unpaired) electrons. The maximum Gasteiger partial charge on any atom is 0.310 e. The molecule has 406 valence electrons. The van der Waals surface area contributed by atoms with E-state index in [1.54, 1.807) is 6.08 Å². The Morgan fingerprint density at radius 3 is 0.917 bits per heavy atom. The van der Waals surface area contributed by atoms with Crippen LogP contribution in [-0.4, -0.2) is 37.2 Å². The lowest BCUT2D eigenvalue weighted by atomic mass is 10.0. The molecule has 0 heterocycles. The fourth-order valence-corrected chi connectivity index (χ4v) is 7.58. The predicted molar refractivity (Wildman–Crippen MR) is 311 cm³/mol. The third-order valence-corrected chi connectivity index (χ3v) is 11.9. The molecule has 0 aromatic heterocycles. The first-order valence-electron chi connectivity index (χ1n) is 29.2. The maximum absolute atomic E-state index is 12.8. The molecular formula is C66H106O6. The molecule has 0 saturated heterocycles. The quantitative estimate of drug-likeness (QED) is 0.0261. The Morgan fingerprint density at radius 2 is 0.583 bits per heavy atom. The maximum atomic E-state index is 12.8. The second kappa shape index (κ2) is 59.1. The summed E-state index contributed by atoms with van der Waals surface area (Å²) in [6.45, 7) is 6.27. The van der Waals surface area contributed by atoms with Gasteiger partial charge < -0.3 is 14.2 Å². The highest BCUT2D eigenvalue weighted by Crippen LogP contribution is 2.15. The van der Waals surface area contributed by atoms with Gasteiger partial charge in [0.15, 0.2) is 6.10 Å². The van der Waals surface area contributed by atoms with E-state index in [4.69, 9.17) is 14.2 Å². The lowest BCUT2D eigenvalue weighted by Crippen LogP contribution is -2.30. The molecule has 0 aromatic rings. The van der Waals surface area contributed by atoms with Gasteiger partial charge in [-0.1, -0.05) is 251 Å². The first kappa shape index (κ1) is 67.5. The van der Waals surface area contributed by atoms with Gasteiger partial charge in [0.2, 0.25) is 0 Å². The van der Waals surface area contributed by atoms with Crippen LogP contribution in [0.5, 0.6) is 0 Å². The Balaban J connectivity index is 4.42. The van der Waals surface area contributed by atoms with Crippen molar-refractivity contribution in [2.24, 2.45) is 0 Å². The summed E-state index contributed by atoms with van der Waals surface area (Å²) in [5.41, 5.74) is 0. The largest absolute Gasteiger partial charge is 0.462 e. The smallest absolute Gasteiger partial charge is 0.310 e. The van der Waals surface area contributed by atoms with Gasteiger partial charge in [0.1, 0.15) is 13.2 Å². The third-order valence-electron chi connectivity index (χ3n) is 11.9. The first-order chi connectivity index (χ1) is 35.5. The minimum Gasteiger partial charge on any atom is -0.462 e. The van der Waals surface area contributed by atoms with Crippen molar-refractivity contribution in [1.29, 1.82) is 0 Å². The van der Waals surface area contributed by atoms with Gasteiger partial charge in [0.25, 0.3) is 0 Å². The van der Waals surface area contributed by atoms with Gasteiger partial charge in [-0.05, 0) is 109 Å². The van der Waals surface area contributed by atoms with E-state index in [1.165, 1.54) is 83.5 Å². The zero-order valence-electron chi connectivity index (χ0n) is 46.4. The normalized spacial score (nSPS) is 13.1. The summed E-state index contributed by atoms with van der Waals surface area (Å²) >= 11 is 0. The summed E-state index contributed by atoms with van der Waals surface area (Å²) in [4.78, 5) is 38.1. The molecule has 72 heavy (non-hydrogen) atoms. The average molecular weight is 996 g/mol. The van der Waals surface area contributed by atoms with Crippen molar-refractivity contribution >= 4 is 17.9 Å². The molecule has 0 bridgehead atoms. The molecular weight excluding hydrogens is 889 g/mol. The summed E-state index contributed by atoms with van der Waals surface area (Å²) in [7, 11) is 0. The van der Waals surface area contributed by atoms with E-state index >= 15 is 0 Å². The number of hydrogen-bond acceptors (Lipinski definition) is 6. The van der Waals surface area contributed by atoms with Crippen LogP contribution in [0.3, 0.4) is 0 Å². The third kappa shape index (κ3) is 56.5. The summed E-state index contributed by atoms with van der Waals surface area (Å²) < 4.78 is 16.7. The van der Waals surface area contributed by atoms with E-state index in [0.717, 1.165) is 116 Å². The van der Waals surface area contributed by atoms with Gasteiger partial charge >= 0.3 is 17.9 Å². The number of hydrogen-bond donors (Lipinski definition) is 0. The molecule has 0 saturated carbocycles. The molecule has 0 N–H and O–H groups in total. The molecule has 1 atom stereocenters. The number of esters is 3. The summed E-state index contributed by atoms with van der Waals surface area (Å²) in [6.07, 6.45) is 83.3. The number of ether oxygens (including phenoxy) is 3. The number of allylic oxidation sites excluding steroid dienone is 21. The lowest BCUT2D eigenvalue weighted by molar-refractivity contribution is -0.166. The molecule has 0 aliphatic carbocycles. The van der Waals surface area contributed by atoms with Crippen LogP contribution in [0.2, 0.25) is 0 Å². The SMILES string of the molecule is CC/C=C\C/C=C\C/C=C\C/C=C\C/C=C\CC(=O)OC(COC(=O)CCCCCCC/C=C\C/C=C\CCCC)COC(=O)CCCCCCCCCCCCCC/C=C\C/C=C\C/C=C\C/C=C\CC. The van der Waals surface area contributed by atoms with Crippen molar-refractivity contribution in [3.8, 4) is 0 Å². The van der Waals surface area contributed by atoms with Crippen LogP contribution in [-0.2, 0) is 28.6 Å². The fourth-order valence-electron chi connectivity index (χ4n) is 7.58. The van der Waals surface area contributed by atoms with Crippen LogP contribution in [0.1, 0.15) is 245 Å². The van der Waals surface area contributed by atoms with E-state index in [0.29, 0.717) is 19.3 Å². The topological polar surface area (TPSA) is 78.9 Å². The van der Waals surface area contributed by atoms with E-state index < -0.39 is 12.1 Å². The minimum absolute atomic E-state index is 0.0889. The zero-order valence-corrected chi connectivity index (χ0v) is 46.4. The Morgan fingerprint density at radius 1 is 0.306 bits per heavy atom. The second-order valence-electron chi connectivity index (χ2n) is 18.8. The molecule has 0 amide bonds. The van der Waals surface area contributed by atoms with E-state index in [2.05, 4.69) is 142 Å². The molecule has 0 aliphatic rings. The summed E-state index contributed by atoms with van der Waals surface area (Å²) in [5, 5.41) is 0. The molecule has 0 spiro atoms. The number of rotatable bonds is 51. The number of carbonyl (C=O) groups excluding carboxylic acids is 3. The van der Waals surface area contributed by atoms with Gasteiger partial charge in [-0.25, -0.2) is 0 Å². The first-order valence-corrected chi connectivity index (χ1v) is 29.2.